The van der Waals surface area contributed by atoms with Crippen molar-refractivity contribution in [1.82, 2.24) is 24.8 Å². The zero-order valence-electron chi connectivity index (χ0n) is 23.1. The summed E-state index contributed by atoms with van der Waals surface area (Å²) in [7, 11) is 1.86. The van der Waals surface area contributed by atoms with Crippen LogP contribution in [0.2, 0.25) is 0 Å². The normalized spacial score (nSPS) is 11.8. The van der Waals surface area contributed by atoms with Gasteiger partial charge in [-0.25, -0.2) is 19.6 Å². The standard InChI is InChI=1S/C29H28N8O6/c1-14(24-34-19-9-7-16(33-29(30)31)13-21(19)35-24)25-36-20-8-6-15(12-22(20)37(25)2)26(38)32-10-11-43-23-17(27(39)40)4-3-5-18(23)28(41)42/h3-9,12-14H,10-11H2,1-2H3,(H,32,38)(H,34,35)(H,39,40)(H,41,42)(H4,30,31,33). The molecule has 0 aliphatic heterocycles. The lowest BCUT2D eigenvalue weighted by molar-refractivity contribution is 0.0686. The summed E-state index contributed by atoms with van der Waals surface area (Å²) in [5.41, 5.74) is 8.85. The maximum Gasteiger partial charge on any atom is 0.339 e. The number of aromatic nitrogens is 4. The van der Waals surface area contributed by atoms with Gasteiger partial charge in [0.1, 0.15) is 35.1 Å². The van der Waals surface area contributed by atoms with Crippen LogP contribution in [0.25, 0.3) is 22.1 Å². The molecule has 0 spiro atoms. The van der Waals surface area contributed by atoms with E-state index in [4.69, 9.17) is 25.8 Å². The van der Waals surface area contributed by atoms with Crippen LogP contribution in [0.15, 0.2) is 54.6 Å². The van der Waals surface area contributed by atoms with Crippen LogP contribution in [0, 0.1) is 5.41 Å². The number of ether oxygens (including phenoxy) is 1. The Morgan fingerprint density at radius 2 is 1.77 bits per heavy atom. The largest absolute Gasteiger partial charge is 0.490 e. The number of aryl methyl sites for hydroxylation is 1. The minimum atomic E-state index is -1.32. The Morgan fingerprint density at radius 3 is 2.44 bits per heavy atom. The number of hydrogen-bond donors (Lipinski definition) is 7. The molecule has 2 aromatic heterocycles. The van der Waals surface area contributed by atoms with Gasteiger partial charge in [0, 0.05) is 18.3 Å². The van der Waals surface area contributed by atoms with E-state index in [1.165, 1.54) is 18.2 Å². The summed E-state index contributed by atoms with van der Waals surface area (Å²) in [6.45, 7) is 1.84. The molecule has 5 rings (SSSR count). The Hall–Kier alpha value is -5.92. The summed E-state index contributed by atoms with van der Waals surface area (Å²) in [4.78, 5) is 48.7. The van der Waals surface area contributed by atoms with E-state index in [-0.39, 0.29) is 41.9 Å². The zero-order chi connectivity index (χ0) is 30.8. The second-order valence-electron chi connectivity index (χ2n) is 9.74. The smallest absolute Gasteiger partial charge is 0.339 e. The topological polar surface area (TPSA) is 221 Å². The molecule has 0 bridgehead atoms. The van der Waals surface area contributed by atoms with Gasteiger partial charge in [-0.05, 0) is 55.5 Å². The predicted octanol–water partition coefficient (Wildman–Crippen LogP) is 3.11. The Labute approximate surface area is 244 Å². The third kappa shape index (κ3) is 5.79. The van der Waals surface area contributed by atoms with E-state index < -0.39 is 17.8 Å². The van der Waals surface area contributed by atoms with Crippen molar-refractivity contribution < 1.29 is 29.3 Å². The lowest BCUT2D eigenvalue weighted by Gasteiger charge is -2.12. The molecule has 1 atom stereocenters. The van der Waals surface area contributed by atoms with Crippen LogP contribution < -0.4 is 21.1 Å². The number of amides is 1. The summed E-state index contributed by atoms with van der Waals surface area (Å²) < 4.78 is 7.36. The molecule has 0 saturated carbocycles. The Balaban J connectivity index is 1.29. The maximum atomic E-state index is 12.9. The van der Waals surface area contributed by atoms with Crippen LogP contribution in [-0.2, 0) is 7.05 Å². The number of imidazole rings is 2. The average molecular weight is 585 g/mol. The van der Waals surface area contributed by atoms with Crippen molar-refractivity contribution in [2.45, 2.75) is 12.8 Å². The number of nitrogens with zero attached hydrogens (tertiary/aromatic N) is 3. The number of anilines is 1. The molecular formula is C29H28N8O6. The molecule has 8 N–H and O–H groups in total. The molecular weight excluding hydrogens is 556 g/mol. The summed E-state index contributed by atoms with van der Waals surface area (Å²) >= 11 is 0. The minimum Gasteiger partial charge on any atom is -0.490 e. The lowest BCUT2D eigenvalue weighted by Crippen LogP contribution is -2.28. The second-order valence-corrected chi connectivity index (χ2v) is 9.74. The van der Waals surface area contributed by atoms with Gasteiger partial charge in [-0.1, -0.05) is 6.07 Å². The number of nitrogens with two attached hydrogens (primary N) is 1. The van der Waals surface area contributed by atoms with Crippen LogP contribution in [0.1, 0.15) is 55.6 Å². The van der Waals surface area contributed by atoms with Crippen molar-refractivity contribution in [2.24, 2.45) is 12.8 Å². The van der Waals surface area contributed by atoms with Crippen LogP contribution >= 0.6 is 0 Å². The molecule has 1 amide bonds. The molecule has 0 radical (unpaired) electrons. The average Bonchev–Trinajstić information content (AvgIpc) is 3.54. The van der Waals surface area contributed by atoms with E-state index in [0.717, 1.165) is 16.9 Å². The van der Waals surface area contributed by atoms with E-state index in [1.807, 2.05) is 24.6 Å². The molecule has 1 unspecified atom stereocenters. The fraction of sp³-hybridized carbons (Fsp3) is 0.172. The van der Waals surface area contributed by atoms with Gasteiger partial charge in [-0.3, -0.25) is 10.2 Å². The van der Waals surface area contributed by atoms with Gasteiger partial charge in [-0.2, -0.15) is 0 Å². The van der Waals surface area contributed by atoms with Gasteiger partial charge < -0.3 is 40.9 Å². The SMILES string of the molecule is CC(c1nc2cc(NC(=N)N)ccc2[nH]1)c1nc2ccc(C(=O)NCCOc3c(C(=O)O)cccc3C(=O)O)cc2n1C. The van der Waals surface area contributed by atoms with Crippen LogP contribution in [0.4, 0.5) is 5.69 Å². The lowest BCUT2D eigenvalue weighted by atomic mass is 10.1. The van der Waals surface area contributed by atoms with Gasteiger partial charge in [0.15, 0.2) is 5.96 Å². The number of para-hydroxylation sites is 1. The van der Waals surface area contributed by atoms with Gasteiger partial charge >= 0.3 is 11.9 Å². The molecule has 5 aromatic rings. The number of carbonyl (C=O) groups excluding carboxylic acids is 1. The van der Waals surface area contributed by atoms with Crippen molar-refractivity contribution >= 4 is 51.6 Å². The first kappa shape index (κ1) is 28.6. The van der Waals surface area contributed by atoms with Crippen molar-refractivity contribution in [3.63, 3.8) is 0 Å². The third-order valence-corrected chi connectivity index (χ3v) is 6.87. The number of carboxylic acids is 2. The maximum absolute atomic E-state index is 12.9. The van der Waals surface area contributed by atoms with Crippen molar-refractivity contribution in [1.29, 1.82) is 5.41 Å². The predicted molar refractivity (Wildman–Crippen MR) is 158 cm³/mol. The van der Waals surface area contributed by atoms with Crippen molar-refractivity contribution in [3.8, 4) is 5.75 Å². The summed E-state index contributed by atoms with van der Waals surface area (Å²) in [5, 5.41) is 31.6. The van der Waals surface area contributed by atoms with Gasteiger partial charge in [0.05, 0.1) is 34.5 Å². The molecule has 0 saturated heterocycles. The number of nitrogens with one attached hydrogen (secondary N) is 4. The molecule has 14 nitrogen and oxygen atoms in total. The number of carbonyl (C=O) groups is 3. The van der Waals surface area contributed by atoms with Crippen LogP contribution in [0.3, 0.4) is 0 Å². The molecule has 14 heteroatoms. The Kier molecular flexibility index (Phi) is 7.66. The number of aromatic carboxylic acids is 2. The summed E-state index contributed by atoms with van der Waals surface area (Å²) in [6, 6.07) is 14.4. The number of aromatic amines is 1. The highest BCUT2D eigenvalue weighted by Crippen LogP contribution is 2.28. The number of fused-ring (bicyclic) bond motifs is 2. The fourth-order valence-corrected chi connectivity index (χ4v) is 4.77. The van der Waals surface area contributed by atoms with Crippen molar-refractivity contribution in [3.05, 3.63) is 82.9 Å². The highest BCUT2D eigenvalue weighted by molar-refractivity contribution is 5.99. The summed E-state index contributed by atoms with van der Waals surface area (Å²) in [5.74, 6) is -2.26. The molecule has 0 aliphatic carbocycles. The van der Waals surface area contributed by atoms with E-state index in [0.29, 0.717) is 28.1 Å². The molecule has 0 fully saturated rings. The highest BCUT2D eigenvalue weighted by Gasteiger charge is 2.22. The fourth-order valence-electron chi connectivity index (χ4n) is 4.77. The van der Waals surface area contributed by atoms with Crippen molar-refractivity contribution in [2.75, 3.05) is 18.5 Å². The number of benzene rings is 3. The highest BCUT2D eigenvalue weighted by atomic mass is 16.5. The second kappa shape index (κ2) is 11.5. The molecule has 0 aliphatic rings. The number of guanidine groups is 1. The molecule has 2 heterocycles. The first-order valence-electron chi connectivity index (χ1n) is 13.1. The number of rotatable bonds is 10. The van der Waals surface area contributed by atoms with Gasteiger partial charge in [0.25, 0.3) is 5.91 Å². The van der Waals surface area contributed by atoms with Crippen LogP contribution in [0.5, 0.6) is 5.75 Å². The van der Waals surface area contributed by atoms with E-state index >= 15 is 0 Å². The molecule has 220 valence electrons. The quantitative estimate of drug-likeness (QED) is 0.0722. The number of carboxylic acid groups (broad SMARTS) is 2. The van der Waals surface area contributed by atoms with Gasteiger partial charge in [0.2, 0.25) is 0 Å². The minimum absolute atomic E-state index is 0.00720. The molecule has 43 heavy (non-hydrogen) atoms. The molecule has 3 aromatic carbocycles. The number of hydrogen-bond acceptors (Lipinski definition) is 7. The number of H-pyrrole nitrogens is 1. The third-order valence-electron chi connectivity index (χ3n) is 6.87. The first-order valence-corrected chi connectivity index (χ1v) is 13.1. The Morgan fingerprint density at radius 1 is 1.05 bits per heavy atom. The Bertz CT molecular complexity index is 1880. The zero-order valence-corrected chi connectivity index (χ0v) is 23.1. The van der Waals surface area contributed by atoms with E-state index in [2.05, 4.69) is 15.6 Å². The van der Waals surface area contributed by atoms with Crippen LogP contribution in [-0.4, -0.2) is 66.7 Å². The van der Waals surface area contributed by atoms with E-state index in [9.17, 15) is 24.6 Å². The first-order chi connectivity index (χ1) is 20.5. The summed E-state index contributed by atoms with van der Waals surface area (Å²) in [6.07, 6.45) is 0. The van der Waals surface area contributed by atoms with E-state index in [1.54, 1.807) is 30.3 Å². The van der Waals surface area contributed by atoms with Gasteiger partial charge in [-0.15, -0.1) is 0 Å². The monoisotopic (exact) mass is 584 g/mol.